The van der Waals surface area contributed by atoms with Gasteiger partial charge in [0.2, 0.25) is 0 Å². The van der Waals surface area contributed by atoms with Gasteiger partial charge in [0.05, 0.1) is 29.3 Å². The van der Waals surface area contributed by atoms with E-state index in [9.17, 15) is 4.79 Å². The maximum Gasteiger partial charge on any atom is 0.257 e. The zero-order valence-electron chi connectivity index (χ0n) is 10.9. The maximum absolute atomic E-state index is 12.1. The van der Waals surface area contributed by atoms with Crippen LogP contribution < -0.4 is 5.32 Å². The normalized spacial score (nSPS) is 10.3. The van der Waals surface area contributed by atoms with Crippen molar-refractivity contribution in [2.45, 2.75) is 0 Å². The molecule has 2 heterocycles. The Morgan fingerprint density at radius 1 is 1.14 bits per heavy atom. The lowest BCUT2D eigenvalue weighted by molar-refractivity contribution is 0.102. The van der Waals surface area contributed by atoms with E-state index in [0.717, 1.165) is 10.2 Å². The number of hydrogen-bond donors (Lipinski definition) is 1. The second-order valence-corrected chi connectivity index (χ2v) is 5.27. The monoisotopic (exact) mass is 342 g/mol. The van der Waals surface area contributed by atoms with Crippen molar-refractivity contribution in [1.29, 1.82) is 0 Å². The lowest BCUT2D eigenvalue weighted by Gasteiger charge is -2.02. The Bertz CT molecular complexity index is 770. The van der Waals surface area contributed by atoms with E-state index in [0.29, 0.717) is 11.3 Å². The highest BCUT2D eigenvalue weighted by atomic mass is 79.9. The van der Waals surface area contributed by atoms with Gasteiger partial charge in [-0.2, -0.15) is 5.10 Å². The molecule has 5 nitrogen and oxygen atoms in total. The fourth-order valence-electron chi connectivity index (χ4n) is 1.85. The van der Waals surface area contributed by atoms with Crippen LogP contribution in [0.25, 0.3) is 5.69 Å². The summed E-state index contributed by atoms with van der Waals surface area (Å²) in [4.78, 5) is 16.1. The van der Waals surface area contributed by atoms with Gasteiger partial charge in [-0.25, -0.2) is 4.68 Å². The Morgan fingerprint density at radius 3 is 2.71 bits per heavy atom. The molecule has 0 aliphatic heterocycles. The van der Waals surface area contributed by atoms with E-state index in [1.807, 2.05) is 30.3 Å². The molecule has 1 N–H and O–H groups in total. The van der Waals surface area contributed by atoms with Gasteiger partial charge in [-0.15, -0.1) is 0 Å². The fourth-order valence-corrected chi connectivity index (χ4v) is 2.21. The molecule has 21 heavy (non-hydrogen) atoms. The van der Waals surface area contributed by atoms with E-state index in [-0.39, 0.29) is 5.91 Å². The SMILES string of the molecule is O=C(Nc1cnn(-c2ccccc2)c1)c1cncc(Br)c1. The molecule has 0 fully saturated rings. The van der Waals surface area contributed by atoms with Crippen LogP contribution in [-0.2, 0) is 0 Å². The van der Waals surface area contributed by atoms with E-state index >= 15 is 0 Å². The molecular formula is C15H11BrN4O. The molecule has 6 heteroatoms. The number of hydrogen-bond acceptors (Lipinski definition) is 3. The number of carbonyl (C=O) groups is 1. The van der Waals surface area contributed by atoms with Crippen molar-refractivity contribution in [3.63, 3.8) is 0 Å². The first kappa shape index (κ1) is 13.5. The number of carbonyl (C=O) groups excluding carboxylic acids is 1. The Labute approximate surface area is 129 Å². The van der Waals surface area contributed by atoms with Gasteiger partial charge in [-0.3, -0.25) is 9.78 Å². The number of anilines is 1. The topological polar surface area (TPSA) is 59.8 Å². The first-order valence-corrected chi connectivity index (χ1v) is 7.04. The van der Waals surface area contributed by atoms with Crippen LogP contribution in [0.3, 0.4) is 0 Å². The highest BCUT2D eigenvalue weighted by Gasteiger charge is 2.08. The van der Waals surface area contributed by atoms with E-state index in [4.69, 9.17) is 0 Å². The summed E-state index contributed by atoms with van der Waals surface area (Å²) in [5, 5.41) is 7.02. The minimum Gasteiger partial charge on any atom is -0.319 e. The predicted molar refractivity (Wildman–Crippen MR) is 83.5 cm³/mol. The summed E-state index contributed by atoms with van der Waals surface area (Å²) >= 11 is 3.29. The summed E-state index contributed by atoms with van der Waals surface area (Å²) in [5.41, 5.74) is 2.04. The molecule has 0 unspecified atom stereocenters. The Morgan fingerprint density at radius 2 is 1.95 bits per heavy atom. The number of para-hydroxylation sites is 1. The number of aromatic nitrogens is 3. The Kier molecular flexibility index (Phi) is 3.79. The number of rotatable bonds is 3. The van der Waals surface area contributed by atoms with Gasteiger partial charge >= 0.3 is 0 Å². The summed E-state index contributed by atoms with van der Waals surface area (Å²) in [6.45, 7) is 0. The van der Waals surface area contributed by atoms with Gasteiger partial charge in [0.15, 0.2) is 0 Å². The molecule has 0 aliphatic rings. The summed E-state index contributed by atoms with van der Waals surface area (Å²) in [6, 6.07) is 11.4. The summed E-state index contributed by atoms with van der Waals surface area (Å²) in [7, 11) is 0. The third-order valence-electron chi connectivity index (χ3n) is 2.83. The van der Waals surface area contributed by atoms with Gasteiger partial charge in [-0.05, 0) is 34.1 Å². The molecular weight excluding hydrogens is 332 g/mol. The van der Waals surface area contributed by atoms with E-state index in [2.05, 4.69) is 31.3 Å². The quantitative estimate of drug-likeness (QED) is 0.794. The van der Waals surface area contributed by atoms with E-state index in [1.54, 1.807) is 29.3 Å². The molecule has 0 spiro atoms. The van der Waals surface area contributed by atoms with Crippen LogP contribution in [-0.4, -0.2) is 20.7 Å². The van der Waals surface area contributed by atoms with Crippen LogP contribution >= 0.6 is 15.9 Å². The van der Waals surface area contributed by atoms with Crippen molar-refractivity contribution in [3.05, 3.63) is 71.2 Å². The number of nitrogens with one attached hydrogen (secondary N) is 1. The number of benzene rings is 1. The lowest BCUT2D eigenvalue weighted by atomic mass is 10.2. The largest absolute Gasteiger partial charge is 0.319 e. The third kappa shape index (κ3) is 3.17. The molecule has 104 valence electrons. The van der Waals surface area contributed by atoms with Crippen molar-refractivity contribution >= 4 is 27.5 Å². The molecule has 0 aliphatic carbocycles. The minimum absolute atomic E-state index is 0.226. The van der Waals surface area contributed by atoms with Crippen molar-refractivity contribution < 1.29 is 4.79 Å². The molecule has 3 rings (SSSR count). The van der Waals surface area contributed by atoms with Crippen molar-refractivity contribution in [3.8, 4) is 5.69 Å². The van der Waals surface area contributed by atoms with Crippen LogP contribution in [0.5, 0.6) is 0 Å². The molecule has 2 aromatic heterocycles. The van der Waals surface area contributed by atoms with Crippen molar-refractivity contribution in [2.75, 3.05) is 5.32 Å². The molecule has 0 bridgehead atoms. The molecule has 3 aromatic rings. The molecule has 0 radical (unpaired) electrons. The van der Waals surface area contributed by atoms with Gasteiger partial charge < -0.3 is 5.32 Å². The Balaban J connectivity index is 1.77. The Hall–Kier alpha value is -2.47. The second-order valence-electron chi connectivity index (χ2n) is 4.36. The van der Waals surface area contributed by atoms with Gasteiger partial charge in [-0.1, -0.05) is 18.2 Å². The fraction of sp³-hybridized carbons (Fsp3) is 0. The zero-order chi connectivity index (χ0) is 14.7. The van der Waals surface area contributed by atoms with Crippen LogP contribution in [0.2, 0.25) is 0 Å². The molecule has 0 saturated heterocycles. The summed E-state index contributed by atoms with van der Waals surface area (Å²) in [5.74, 6) is -0.226. The smallest absolute Gasteiger partial charge is 0.257 e. The van der Waals surface area contributed by atoms with Gasteiger partial charge in [0.25, 0.3) is 5.91 Å². The van der Waals surface area contributed by atoms with Crippen molar-refractivity contribution in [2.24, 2.45) is 0 Å². The molecule has 1 amide bonds. The van der Waals surface area contributed by atoms with Crippen LogP contribution in [0.1, 0.15) is 10.4 Å². The highest BCUT2D eigenvalue weighted by Crippen LogP contribution is 2.14. The lowest BCUT2D eigenvalue weighted by Crippen LogP contribution is -2.11. The van der Waals surface area contributed by atoms with Crippen LogP contribution in [0.4, 0.5) is 5.69 Å². The summed E-state index contributed by atoms with van der Waals surface area (Å²) in [6.07, 6.45) is 6.51. The predicted octanol–water partition coefficient (Wildman–Crippen LogP) is 3.28. The van der Waals surface area contributed by atoms with E-state index in [1.165, 1.54) is 6.20 Å². The maximum atomic E-state index is 12.1. The average Bonchev–Trinajstić information content (AvgIpc) is 2.97. The minimum atomic E-state index is -0.226. The molecule has 0 saturated carbocycles. The second kappa shape index (κ2) is 5.88. The van der Waals surface area contributed by atoms with Crippen LogP contribution in [0, 0.1) is 0 Å². The standard InChI is InChI=1S/C15H11BrN4O/c16-12-6-11(7-17-8-12)15(21)19-13-9-18-20(10-13)14-4-2-1-3-5-14/h1-10H,(H,19,21). The van der Waals surface area contributed by atoms with Gasteiger partial charge in [0.1, 0.15) is 0 Å². The van der Waals surface area contributed by atoms with Gasteiger partial charge in [0, 0.05) is 16.9 Å². The first-order valence-electron chi connectivity index (χ1n) is 6.24. The highest BCUT2D eigenvalue weighted by molar-refractivity contribution is 9.10. The van der Waals surface area contributed by atoms with Crippen molar-refractivity contribution in [1.82, 2.24) is 14.8 Å². The van der Waals surface area contributed by atoms with E-state index < -0.39 is 0 Å². The molecule has 0 atom stereocenters. The summed E-state index contributed by atoms with van der Waals surface area (Å²) < 4.78 is 2.46. The number of halogens is 1. The zero-order valence-corrected chi connectivity index (χ0v) is 12.5. The number of nitrogens with zero attached hydrogens (tertiary/aromatic N) is 3. The first-order chi connectivity index (χ1) is 10.2. The molecule has 1 aromatic carbocycles. The number of amides is 1. The average molecular weight is 343 g/mol. The van der Waals surface area contributed by atoms with Crippen LogP contribution in [0.15, 0.2) is 65.7 Å². The third-order valence-corrected chi connectivity index (χ3v) is 3.26. The number of pyridine rings is 1.